The van der Waals surface area contributed by atoms with Gasteiger partial charge < -0.3 is 15.0 Å². The molecular weight excluding hydrogens is 326 g/mol. The molecule has 26 heavy (non-hydrogen) atoms. The average molecular weight is 349 g/mol. The van der Waals surface area contributed by atoms with Crippen LogP contribution in [-0.4, -0.2) is 29.7 Å². The van der Waals surface area contributed by atoms with Crippen LogP contribution in [0, 0.1) is 5.92 Å². The summed E-state index contributed by atoms with van der Waals surface area (Å²) in [5.74, 6) is 2.57. The molecule has 1 fully saturated rings. The molecule has 1 aliphatic heterocycles. The molecule has 1 amide bonds. The highest BCUT2D eigenvalue weighted by molar-refractivity contribution is 6.05. The molecule has 1 aliphatic carbocycles. The topological polar surface area (TPSA) is 53.9 Å². The third kappa shape index (κ3) is 3.17. The number of hydrogen-bond donors (Lipinski definition) is 1. The van der Waals surface area contributed by atoms with Crippen LogP contribution < -0.4 is 10.1 Å². The number of amidine groups is 1. The lowest BCUT2D eigenvalue weighted by atomic mass is 10.1. The maximum atomic E-state index is 12.1. The van der Waals surface area contributed by atoms with E-state index in [1.165, 1.54) is 0 Å². The lowest BCUT2D eigenvalue weighted by Crippen LogP contribution is -2.33. The third-order valence-corrected chi connectivity index (χ3v) is 4.86. The number of nitrogens with zero attached hydrogens (tertiary/aromatic N) is 2. The minimum absolute atomic E-state index is 0.0958. The van der Waals surface area contributed by atoms with Gasteiger partial charge in [-0.2, -0.15) is 0 Å². The van der Waals surface area contributed by atoms with Crippen LogP contribution in [0.25, 0.3) is 0 Å². The van der Waals surface area contributed by atoms with Crippen LogP contribution in [0.15, 0.2) is 47.5 Å². The van der Waals surface area contributed by atoms with Crippen molar-refractivity contribution in [1.82, 2.24) is 4.90 Å². The van der Waals surface area contributed by atoms with Gasteiger partial charge in [0.05, 0.1) is 5.56 Å². The number of benzene rings is 2. The summed E-state index contributed by atoms with van der Waals surface area (Å²) in [6.07, 6.45) is 1.97. The molecule has 5 heteroatoms. The maximum Gasteiger partial charge on any atom is 0.227 e. The number of fused-ring (bicyclic) bond motifs is 2. The molecule has 1 N–H and O–H groups in total. The highest BCUT2D eigenvalue weighted by Crippen LogP contribution is 2.39. The number of carbonyl (C=O) groups is 1. The second kappa shape index (κ2) is 6.48. The van der Waals surface area contributed by atoms with Gasteiger partial charge in [0.2, 0.25) is 5.91 Å². The second-order valence-corrected chi connectivity index (χ2v) is 7.18. The van der Waals surface area contributed by atoms with E-state index in [0.29, 0.717) is 0 Å². The van der Waals surface area contributed by atoms with E-state index in [2.05, 4.69) is 24.1 Å². The normalized spacial score (nSPS) is 15.3. The van der Waals surface area contributed by atoms with E-state index >= 15 is 0 Å². The zero-order chi connectivity index (χ0) is 18.3. The molecular formula is C21H23N3O2. The number of nitrogens with one attached hydrogen (secondary N) is 1. The summed E-state index contributed by atoms with van der Waals surface area (Å²) in [4.78, 5) is 19.1. The third-order valence-electron chi connectivity index (χ3n) is 4.86. The minimum atomic E-state index is 0.0958. The Labute approximate surface area is 153 Å². The van der Waals surface area contributed by atoms with E-state index in [0.717, 1.165) is 47.1 Å². The van der Waals surface area contributed by atoms with Crippen molar-refractivity contribution in [3.05, 3.63) is 48.0 Å². The molecule has 2 aromatic carbocycles. The van der Waals surface area contributed by atoms with Crippen molar-refractivity contribution in [2.75, 3.05) is 12.4 Å². The van der Waals surface area contributed by atoms with E-state index < -0.39 is 0 Å². The molecule has 1 saturated carbocycles. The summed E-state index contributed by atoms with van der Waals surface area (Å²) in [6.45, 7) is 4.25. The SMILES string of the molecule is CC(C)N(C)C1=Nc2ccccc2Oc2ccc(NC(=O)C3CC3)cc21. The molecule has 4 rings (SSSR count). The van der Waals surface area contributed by atoms with Gasteiger partial charge in [0.15, 0.2) is 5.75 Å². The first-order valence-electron chi connectivity index (χ1n) is 9.06. The van der Waals surface area contributed by atoms with E-state index in [-0.39, 0.29) is 17.9 Å². The Morgan fingerprint density at radius 2 is 1.96 bits per heavy atom. The van der Waals surface area contributed by atoms with Crippen LogP contribution in [0.4, 0.5) is 11.4 Å². The number of amides is 1. The van der Waals surface area contributed by atoms with Crippen molar-refractivity contribution in [2.45, 2.75) is 32.7 Å². The Balaban J connectivity index is 1.78. The van der Waals surface area contributed by atoms with E-state index in [1.54, 1.807) is 0 Å². The Morgan fingerprint density at radius 1 is 1.19 bits per heavy atom. The summed E-state index contributed by atoms with van der Waals surface area (Å²) >= 11 is 0. The van der Waals surface area contributed by atoms with Gasteiger partial charge in [-0.1, -0.05) is 12.1 Å². The van der Waals surface area contributed by atoms with Crippen LogP contribution >= 0.6 is 0 Å². The lowest BCUT2D eigenvalue weighted by molar-refractivity contribution is -0.117. The first-order chi connectivity index (χ1) is 12.5. The predicted octanol–water partition coefficient (Wildman–Crippen LogP) is 4.56. The summed E-state index contributed by atoms with van der Waals surface area (Å²) in [7, 11) is 2.02. The number of hydrogen-bond acceptors (Lipinski definition) is 4. The van der Waals surface area contributed by atoms with E-state index in [4.69, 9.17) is 9.73 Å². The van der Waals surface area contributed by atoms with Crippen molar-refractivity contribution in [2.24, 2.45) is 10.9 Å². The summed E-state index contributed by atoms with van der Waals surface area (Å²) in [5, 5.41) is 3.02. The zero-order valence-corrected chi connectivity index (χ0v) is 15.3. The molecule has 0 radical (unpaired) electrons. The van der Waals surface area contributed by atoms with Crippen molar-refractivity contribution in [3.8, 4) is 11.5 Å². The smallest absolute Gasteiger partial charge is 0.227 e. The highest BCUT2D eigenvalue weighted by atomic mass is 16.5. The number of rotatable bonds is 3. The fourth-order valence-corrected chi connectivity index (χ4v) is 2.90. The van der Waals surface area contributed by atoms with Gasteiger partial charge >= 0.3 is 0 Å². The van der Waals surface area contributed by atoms with Gasteiger partial charge in [-0.15, -0.1) is 0 Å². The number of carbonyl (C=O) groups excluding carboxylic acids is 1. The second-order valence-electron chi connectivity index (χ2n) is 7.18. The number of para-hydroxylation sites is 2. The van der Waals surface area contributed by atoms with Crippen molar-refractivity contribution >= 4 is 23.1 Å². The zero-order valence-electron chi connectivity index (χ0n) is 15.3. The molecule has 0 spiro atoms. The molecule has 0 atom stereocenters. The van der Waals surface area contributed by atoms with Gasteiger partial charge in [-0.3, -0.25) is 4.79 Å². The number of ether oxygens (including phenoxy) is 1. The molecule has 0 saturated heterocycles. The van der Waals surface area contributed by atoms with Gasteiger partial charge in [0, 0.05) is 24.7 Å². The van der Waals surface area contributed by atoms with Gasteiger partial charge in [-0.05, 0) is 57.0 Å². The molecule has 0 aromatic heterocycles. The Kier molecular flexibility index (Phi) is 4.15. The fourth-order valence-electron chi connectivity index (χ4n) is 2.90. The van der Waals surface area contributed by atoms with Crippen LogP contribution in [-0.2, 0) is 4.79 Å². The standard InChI is InChI=1S/C21H23N3O2/c1-13(2)24(3)20-16-12-15(22-21(25)14-8-9-14)10-11-18(16)26-19-7-5-4-6-17(19)23-20/h4-7,10-14H,8-9H2,1-3H3,(H,22,25). The van der Waals surface area contributed by atoms with Crippen molar-refractivity contribution in [3.63, 3.8) is 0 Å². The summed E-state index contributed by atoms with van der Waals surface area (Å²) < 4.78 is 6.13. The number of aliphatic imine (C=N–C) groups is 1. The number of anilines is 1. The Hall–Kier alpha value is -2.82. The predicted molar refractivity (Wildman–Crippen MR) is 103 cm³/mol. The summed E-state index contributed by atoms with van der Waals surface area (Å²) in [6, 6.07) is 13.8. The summed E-state index contributed by atoms with van der Waals surface area (Å²) in [5.41, 5.74) is 2.46. The molecule has 134 valence electrons. The molecule has 1 heterocycles. The highest BCUT2D eigenvalue weighted by Gasteiger charge is 2.30. The van der Waals surface area contributed by atoms with Crippen LogP contribution in [0.1, 0.15) is 32.3 Å². The molecule has 2 aliphatic rings. The lowest BCUT2D eigenvalue weighted by Gasteiger charge is -2.26. The van der Waals surface area contributed by atoms with Crippen LogP contribution in [0.3, 0.4) is 0 Å². The quantitative estimate of drug-likeness (QED) is 0.884. The Morgan fingerprint density at radius 3 is 2.69 bits per heavy atom. The van der Waals surface area contributed by atoms with Crippen molar-refractivity contribution in [1.29, 1.82) is 0 Å². The van der Waals surface area contributed by atoms with Gasteiger partial charge in [0.25, 0.3) is 0 Å². The van der Waals surface area contributed by atoms with E-state index in [1.807, 2.05) is 49.5 Å². The van der Waals surface area contributed by atoms with Gasteiger partial charge in [0.1, 0.15) is 17.3 Å². The van der Waals surface area contributed by atoms with E-state index in [9.17, 15) is 4.79 Å². The van der Waals surface area contributed by atoms with Crippen LogP contribution in [0.2, 0.25) is 0 Å². The Bertz CT molecular complexity index is 885. The van der Waals surface area contributed by atoms with Crippen LogP contribution in [0.5, 0.6) is 11.5 Å². The first kappa shape index (κ1) is 16.6. The monoisotopic (exact) mass is 349 g/mol. The van der Waals surface area contributed by atoms with Crippen molar-refractivity contribution < 1.29 is 9.53 Å². The maximum absolute atomic E-state index is 12.1. The fraction of sp³-hybridized carbons (Fsp3) is 0.333. The molecule has 0 bridgehead atoms. The molecule has 5 nitrogen and oxygen atoms in total. The first-order valence-corrected chi connectivity index (χ1v) is 9.06. The average Bonchev–Trinajstić information content (AvgIpc) is 3.47. The van der Waals surface area contributed by atoms with Gasteiger partial charge in [-0.25, -0.2) is 4.99 Å². The largest absolute Gasteiger partial charge is 0.454 e. The minimum Gasteiger partial charge on any atom is -0.454 e. The molecule has 2 aromatic rings. The molecule has 0 unspecified atom stereocenters.